The molecule has 2 aliphatic heterocycles. The maximum absolute atomic E-state index is 6.38. The van der Waals surface area contributed by atoms with Gasteiger partial charge >= 0.3 is 0 Å². The lowest BCUT2D eigenvalue weighted by Crippen LogP contribution is -2.40. The topological polar surface area (TPSA) is 24.8 Å². The van der Waals surface area contributed by atoms with Gasteiger partial charge in [0.15, 0.2) is 6.23 Å². The van der Waals surface area contributed by atoms with Crippen LogP contribution in [0, 0.1) is 0 Å². The van der Waals surface area contributed by atoms with E-state index in [9.17, 15) is 0 Å². The molecule has 0 N–H and O–H groups in total. The number of hydrogen-bond acceptors (Lipinski definition) is 3. The summed E-state index contributed by atoms with van der Waals surface area (Å²) in [5.41, 5.74) is 3.51. The normalized spacial score (nSPS) is 20.5. The molecule has 0 bridgehead atoms. The minimum Gasteiger partial charge on any atom is -0.468 e. The van der Waals surface area contributed by atoms with Gasteiger partial charge in [0.05, 0.1) is 16.2 Å². The molecule has 0 aromatic heterocycles. The minimum atomic E-state index is -0.0297. The van der Waals surface area contributed by atoms with Crippen LogP contribution in [0.2, 0.25) is 0 Å². The predicted molar refractivity (Wildman–Crippen MR) is 121 cm³/mol. The van der Waals surface area contributed by atoms with Crippen LogP contribution in [-0.4, -0.2) is 16.9 Å². The summed E-state index contributed by atoms with van der Waals surface area (Å²) in [5, 5.41) is 9.72. The molecule has 0 fully saturated rings. The molecule has 5 rings (SSSR count). The summed E-state index contributed by atoms with van der Waals surface area (Å²) in [7, 11) is 0. The Hall–Kier alpha value is -1.85. The van der Waals surface area contributed by atoms with Crippen molar-refractivity contribution in [3.05, 3.63) is 74.7 Å². The second kappa shape index (κ2) is 7.20. The molecule has 3 aromatic rings. The van der Waals surface area contributed by atoms with Gasteiger partial charge in [0, 0.05) is 22.9 Å². The second-order valence-corrected chi connectivity index (χ2v) is 9.15. The van der Waals surface area contributed by atoms with Crippen molar-refractivity contribution in [2.45, 2.75) is 38.5 Å². The summed E-state index contributed by atoms with van der Waals surface area (Å²) in [5.74, 6) is 0.956. The molecule has 2 aliphatic rings. The number of nitrogens with zero attached hydrogens (tertiary/aromatic N) is 2. The highest BCUT2D eigenvalue weighted by Crippen LogP contribution is 2.48. The Kier molecular flexibility index (Phi) is 4.68. The molecule has 5 heteroatoms. The van der Waals surface area contributed by atoms with Crippen molar-refractivity contribution in [1.29, 1.82) is 0 Å². The summed E-state index contributed by atoms with van der Waals surface area (Å²) in [6, 6.07) is 19.5. The fourth-order valence-corrected chi connectivity index (χ4v) is 5.52. The van der Waals surface area contributed by atoms with Gasteiger partial charge in [-0.2, -0.15) is 5.10 Å². The molecular weight excluding hydrogens is 480 g/mol. The molecule has 0 saturated carbocycles. The molecule has 0 saturated heterocycles. The second-order valence-electron chi connectivity index (χ2n) is 7.38. The van der Waals surface area contributed by atoms with Gasteiger partial charge in [-0.1, -0.05) is 65.7 Å². The molecule has 0 amide bonds. The molecule has 2 heterocycles. The van der Waals surface area contributed by atoms with Crippen molar-refractivity contribution in [2.75, 3.05) is 0 Å². The van der Waals surface area contributed by atoms with Gasteiger partial charge in [0.1, 0.15) is 5.75 Å². The Morgan fingerprint density at radius 2 is 1.89 bits per heavy atom. The summed E-state index contributed by atoms with van der Waals surface area (Å²) in [6.45, 7) is 2.19. The summed E-state index contributed by atoms with van der Waals surface area (Å²) < 4.78 is 8.43. The fourth-order valence-electron chi connectivity index (χ4n) is 4.17. The minimum absolute atomic E-state index is 0.0297. The third-order valence-electron chi connectivity index (χ3n) is 5.51. The molecule has 0 aliphatic carbocycles. The molecule has 0 radical (unpaired) electrons. The number of halogens is 2. The third kappa shape index (κ3) is 3.05. The monoisotopic (exact) mass is 498 g/mol. The van der Waals surface area contributed by atoms with Gasteiger partial charge in [0.25, 0.3) is 0 Å². The van der Waals surface area contributed by atoms with E-state index in [4.69, 9.17) is 9.84 Å². The molecule has 0 spiro atoms. The summed E-state index contributed by atoms with van der Waals surface area (Å²) in [6.07, 6.45) is 2.86. The Morgan fingerprint density at radius 3 is 2.71 bits per heavy atom. The van der Waals surface area contributed by atoms with Crippen LogP contribution in [-0.2, 0) is 0 Å². The van der Waals surface area contributed by atoms with Crippen LogP contribution in [0.15, 0.2) is 68.6 Å². The van der Waals surface area contributed by atoms with Crippen LogP contribution < -0.4 is 4.74 Å². The average molecular weight is 500 g/mol. The first-order valence-corrected chi connectivity index (χ1v) is 11.2. The van der Waals surface area contributed by atoms with E-state index >= 15 is 0 Å². The van der Waals surface area contributed by atoms with Crippen molar-refractivity contribution in [3.63, 3.8) is 0 Å². The molecule has 142 valence electrons. The Bertz CT molecular complexity index is 1100. The van der Waals surface area contributed by atoms with Crippen molar-refractivity contribution < 1.29 is 4.74 Å². The largest absolute Gasteiger partial charge is 0.468 e. The zero-order valence-electron chi connectivity index (χ0n) is 15.5. The maximum atomic E-state index is 6.38. The van der Waals surface area contributed by atoms with Crippen molar-refractivity contribution in [2.24, 2.45) is 5.10 Å². The smallest absolute Gasteiger partial charge is 0.187 e. The Labute approximate surface area is 181 Å². The zero-order chi connectivity index (χ0) is 19.3. The Morgan fingerprint density at radius 1 is 1.07 bits per heavy atom. The van der Waals surface area contributed by atoms with Crippen LogP contribution in [0.4, 0.5) is 0 Å². The lowest BCUT2D eigenvalue weighted by molar-refractivity contribution is -0.0229. The number of hydrogen-bond donors (Lipinski definition) is 0. The molecule has 3 nitrogen and oxygen atoms in total. The predicted octanol–water partition coefficient (Wildman–Crippen LogP) is 7.03. The van der Waals surface area contributed by atoms with Gasteiger partial charge < -0.3 is 4.74 Å². The highest BCUT2D eigenvalue weighted by atomic mass is 79.9. The van der Waals surface area contributed by atoms with E-state index in [0.29, 0.717) is 0 Å². The highest BCUT2D eigenvalue weighted by molar-refractivity contribution is 9.11. The van der Waals surface area contributed by atoms with E-state index in [-0.39, 0.29) is 12.3 Å². The highest BCUT2D eigenvalue weighted by Gasteiger charge is 2.40. The molecule has 2 atom stereocenters. The lowest BCUT2D eigenvalue weighted by atomic mass is 9.95. The molecular formula is C23H20Br2N2O. The van der Waals surface area contributed by atoms with Gasteiger partial charge in [-0.05, 0) is 50.5 Å². The quantitative estimate of drug-likeness (QED) is 0.386. The van der Waals surface area contributed by atoms with E-state index in [1.165, 1.54) is 21.9 Å². The Balaban J connectivity index is 1.57. The summed E-state index contributed by atoms with van der Waals surface area (Å²) in [4.78, 5) is 0. The van der Waals surface area contributed by atoms with Crippen LogP contribution in [0.25, 0.3) is 10.8 Å². The molecule has 0 unspecified atom stereocenters. The van der Waals surface area contributed by atoms with Crippen LogP contribution in [0.5, 0.6) is 5.75 Å². The van der Waals surface area contributed by atoms with Crippen LogP contribution in [0.1, 0.15) is 43.4 Å². The molecule has 3 aromatic carbocycles. The van der Waals surface area contributed by atoms with E-state index in [1.807, 2.05) is 0 Å². The van der Waals surface area contributed by atoms with Gasteiger partial charge in [-0.3, -0.25) is 5.01 Å². The van der Waals surface area contributed by atoms with Crippen molar-refractivity contribution >= 4 is 48.3 Å². The van der Waals surface area contributed by atoms with E-state index in [2.05, 4.69) is 98.4 Å². The molecule has 28 heavy (non-hydrogen) atoms. The van der Waals surface area contributed by atoms with E-state index in [1.54, 1.807) is 0 Å². The lowest BCUT2D eigenvalue weighted by Gasteiger charge is -2.38. The fraction of sp³-hybridized carbons (Fsp3) is 0.261. The first-order chi connectivity index (χ1) is 13.6. The van der Waals surface area contributed by atoms with Crippen molar-refractivity contribution in [1.82, 2.24) is 5.01 Å². The number of rotatable bonds is 3. The van der Waals surface area contributed by atoms with Crippen LogP contribution >= 0.6 is 31.9 Å². The van der Waals surface area contributed by atoms with Gasteiger partial charge in [-0.15, -0.1) is 0 Å². The SMILES string of the molecule is CCC[C@H]1Oc2c(Br)cc(Br)cc2[C@@H]2CC(c3ccc4ccccc4c3)=NN12. The number of fused-ring (bicyclic) bond motifs is 4. The van der Waals surface area contributed by atoms with E-state index < -0.39 is 0 Å². The number of benzene rings is 3. The van der Waals surface area contributed by atoms with Gasteiger partial charge in [-0.25, -0.2) is 0 Å². The van der Waals surface area contributed by atoms with Crippen molar-refractivity contribution in [3.8, 4) is 5.75 Å². The van der Waals surface area contributed by atoms with Gasteiger partial charge in [0.2, 0.25) is 0 Å². The average Bonchev–Trinajstić information content (AvgIpc) is 3.15. The first-order valence-electron chi connectivity index (χ1n) is 9.64. The number of ether oxygens (including phenoxy) is 1. The summed E-state index contributed by atoms with van der Waals surface area (Å²) >= 11 is 7.31. The maximum Gasteiger partial charge on any atom is 0.187 e. The number of hydrazone groups is 1. The van der Waals surface area contributed by atoms with Crippen LogP contribution in [0.3, 0.4) is 0 Å². The third-order valence-corrected chi connectivity index (χ3v) is 6.55. The zero-order valence-corrected chi connectivity index (χ0v) is 18.7. The first kappa shape index (κ1) is 18.2. The standard InChI is InChI=1S/C23H20Br2N2O/c1-2-5-22-27-21(18-11-17(24)12-19(25)23(18)28-22)13-20(26-27)16-9-8-14-6-3-4-7-15(14)10-16/h3-4,6-12,21-22H,2,5,13H2,1H3/t21-,22+/m0/s1. The van der Waals surface area contributed by atoms with E-state index in [0.717, 1.165) is 39.7 Å².